The van der Waals surface area contributed by atoms with Gasteiger partial charge in [-0.2, -0.15) is 0 Å². The molecule has 2 atom stereocenters. The van der Waals surface area contributed by atoms with Crippen LogP contribution in [0.3, 0.4) is 0 Å². The van der Waals surface area contributed by atoms with Gasteiger partial charge in [0.2, 0.25) is 0 Å². The molecule has 1 heterocycles. The minimum atomic E-state index is 0.351. The van der Waals surface area contributed by atoms with Gasteiger partial charge in [-0.25, -0.2) is 0 Å². The third-order valence-corrected chi connectivity index (χ3v) is 3.70. The largest absolute Gasteiger partial charge is 0.377 e. The number of ether oxygens (including phenoxy) is 1. The Bertz CT molecular complexity index is 209. The fourth-order valence-corrected chi connectivity index (χ4v) is 2.77. The summed E-state index contributed by atoms with van der Waals surface area (Å²) in [5.41, 5.74) is 0. The van der Waals surface area contributed by atoms with Crippen molar-refractivity contribution < 1.29 is 4.74 Å². The lowest BCUT2D eigenvalue weighted by Gasteiger charge is -2.40. The van der Waals surface area contributed by atoms with Crippen molar-refractivity contribution in [3.05, 3.63) is 0 Å². The topological polar surface area (TPSA) is 24.5 Å². The van der Waals surface area contributed by atoms with Crippen LogP contribution in [0.15, 0.2) is 0 Å². The number of hydrogen-bond donors (Lipinski definition) is 1. The van der Waals surface area contributed by atoms with Crippen LogP contribution in [0.1, 0.15) is 53.4 Å². The molecule has 0 aromatic rings. The maximum Gasteiger partial charge on any atom is 0.0597 e. The molecule has 2 unspecified atom stereocenters. The molecule has 0 amide bonds. The Labute approximate surface area is 113 Å². The molecule has 0 aliphatic carbocycles. The fourth-order valence-electron chi connectivity index (χ4n) is 2.77. The summed E-state index contributed by atoms with van der Waals surface area (Å²) in [5, 5.41) is 3.70. The second kappa shape index (κ2) is 8.89. The van der Waals surface area contributed by atoms with Gasteiger partial charge in [-0.1, -0.05) is 26.7 Å². The van der Waals surface area contributed by atoms with Gasteiger partial charge in [0, 0.05) is 31.7 Å². The molecule has 3 heteroatoms. The second-order valence-corrected chi connectivity index (χ2v) is 5.75. The molecular formula is C15H32N2O. The summed E-state index contributed by atoms with van der Waals surface area (Å²) in [4.78, 5) is 2.64. The Morgan fingerprint density at radius 1 is 1.22 bits per heavy atom. The van der Waals surface area contributed by atoms with Crippen molar-refractivity contribution in [2.75, 3.05) is 26.2 Å². The first-order valence-corrected chi connectivity index (χ1v) is 7.76. The van der Waals surface area contributed by atoms with E-state index in [9.17, 15) is 0 Å². The number of nitrogens with one attached hydrogen (secondary N) is 1. The van der Waals surface area contributed by atoms with E-state index in [4.69, 9.17) is 4.74 Å². The van der Waals surface area contributed by atoms with Gasteiger partial charge in [0.15, 0.2) is 0 Å². The van der Waals surface area contributed by atoms with Crippen LogP contribution < -0.4 is 5.32 Å². The standard InChI is InChI=1S/C15H32N2O/c1-5-7-14-12-17(9-10-18-13(3)4)15(8-6-2)11-16-14/h13-16H,5-12H2,1-4H3. The van der Waals surface area contributed by atoms with E-state index in [2.05, 4.69) is 37.9 Å². The van der Waals surface area contributed by atoms with Crippen molar-refractivity contribution in [1.82, 2.24) is 10.2 Å². The minimum absolute atomic E-state index is 0.351. The van der Waals surface area contributed by atoms with Crippen LogP contribution in [-0.4, -0.2) is 49.3 Å². The first kappa shape index (κ1) is 15.9. The first-order chi connectivity index (χ1) is 8.67. The predicted octanol–water partition coefficient (Wildman–Crippen LogP) is 2.65. The molecule has 0 spiro atoms. The molecule has 0 bridgehead atoms. The SMILES string of the molecule is CCCC1CN(CCOC(C)C)C(CCC)CN1. The molecule has 0 aromatic carbocycles. The third-order valence-electron chi connectivity index (χ3n) is 3.70. The van der Waals surface area contributed by atoms with Crippen LogP contribution in [-0.2, 0) is 4.74 Å². The van der Waals surface area contributed by atoms with E-state index in [1.54, 1.807) is 0 Å². The van der Waals surface area contributed by atoms with E-state index < -0.39 is 0 Å². The third kappa shape index (κ3) is 5.68. The van der Waals surface area contributed by atoms with E-state index in [-0.39, 0.29) is 0 Å². The quantitative estimate of drug-likeness (QED) is 0.722. The Hall–Kier alpha value is -0.120. The zero-order chi connectivity index (χ0) is 13.4. The molecule has 18 heavy (non-hydrogen) atoms. The molecule has 1 N–H and O–H groups in total. The van der Waals surface area contributed by atoms with E-state index >= 15 is 0 Å². The Kier molecular flexibility index (Phi) is 7.87. The summed E-state index contributed by atoms with van der Waals surface area (Å²) in [6.07, 6.45) is 5.48. The van der Waals surface area contributed by atoms with Gasteiger partial charge in [0.25, 0.3) is 0 Å². The summed E-state index contributed by atoms with van der Waals surface area (Å²) >= 11 is 0. The van der Waals surface area contributed by atoms with Gasteiger partial charge in [0.1, 0.15) is 0 Å². The van der Waals surface area contributed by atoms with Crippen LogP contribution in [0.5, 0.6) is 0 Å². The van der Waals surface area contributed by atoms with Gasteiger partial charge in [-0.15, -0.1) is 0 Å². The van der Waals surface area contributed by atoms with E-state index in [1.165, 1.54) is 32.2 Å². The maximum absolute atomic E-state index is 5.70. The smallest absolute Gasteiger partial charge is 0.0597 e. The van der Waals surface area contributed by atoms with Crippen LogP contribution in [0, 0.1) is 0 Å². The van der Waals surface area contributed by atoms with Crippen molar-refractivity contribution in [3.8, 4) is 0 Å². The van der Waals surface area contributed by atoms with E-state index in [0.29, 0.717) is 18.2 Å². The zero-order valence-electron chi connectivity index (χ0n) is 12.7. The van der Waals surface area contributed by atoms with Crippen molar-refractivity contribution in [2.24, 2.45) is 0 Å². The normalized spacial score (nSPS) is 25.8. The average molecular weight is 256 g/mol. The highest BCUT2D eigenvalue weighted by atomic mass is 16.5. The van der Waals surface area contributed by atoms with Gasteiger partial charge in [-0.3, -0.25) is 4.90 Å². The van der Waals surface area contributed by atoms with Gasteiger partial charge < -0.3 is 10.1 Å². The van der Waals surface area contributed by atoms with Gasteiger partial charge >= 0.3 is 0 Å². The maximum atomic E-state index is 5.70. The van der Waals surface area contributed by atoms with Gasteiger partial charge in [-0.05, 0) is 26.7 Å². The lowest BCUT2D eigenvalue weighted by Crippen LogP contribution is -2.57. The summed E-state index contributed by atoms with van der Waals surface area (Å²) in [7, 11) is 0. The predicted molar refractivity (Wildman–Crippen MR) is 78.1 cm³/mol. The number of rotatable bonds is 8. The molecule has 1 fully saturated rings. The summed E-state index contributed by atoms with van der Waals surface area (Å²) in [6, 6.07) is 1.39. The van der Waals surface area contributed by atoms with Crippen LogP contribution in [0.2, 0.25) is 0 Å². The van der Waals surface area contributed by atoms with Crippen molar-refractivity contribution >= 4 is 0 Å². The Balaban J connectivity index is 2.38. The van der Waals surface area contributed by atoms with Gasteiger partial charge in [0.05, 0.1) is 12.7 Å². The molecule has 0 saturated carbocycles. The summed E-state index contributed by atoms with van der Waals surface area (Å²) in [5.74, 6) is 0. The monoisotopic (exact) mass is 256 g/mol. The lowest BCUT2D eigenvalue weighted by atomic mass is 10.0. The highest BCUT2D eigenvalue weighted by molar-refractivity contribution is 4.85. The van der Waals surface area contributed by atoms with Crippen LogP contribution >= 0.6 is 0 Å². The molecule has 0 radical (unpaired) electrons. The van der Waals surface area contributed by atoms with Crippen LogP contribution in [0.25, 0.3) is 0 Å². The van der Waals surface area contributed by atoms with Crippen molar-refractivity contribution in [2.45, 2.75) is 71.6 Å². The summed E-state index contributed by atoms with van der Waals surface area (Å²) in [6.45, 7) is 13.1. The van der Waals surface area contributed by atoms with Crippen molar-refractivity contribution in [1.29, 1.82) is 0 Å². The molecule has 1 aliphatic heterocycles. The minimum Gasteiger partial charge on any atom is -0.377 e. The zero-order valence-corrected chi connectivity index (χ0v) is 12.7. The highest BCUT2D eigenvalue weighted by Gasteiger charge is 2.26. The molecule has 3 nitrogen and oxygen atoms in total. The van der Waals surface area contributed by atoms with Crippen LogP contribution in [0.4, 0.5) is 0 Å². The highest BCUT2D eigenvalue weighted by Crippen LogP contribution is 2.14. The molecule has 108 valence electrons. The number of piperazine rings is 1. The number of hydrogen-bond acceptors (Lipinski definition) is 3. The molecule has 0 aromatic heterocycles. The number of nitrogens with zero attached hydrogens (tertiary/aromatic N) is 1. The first-order valence-electron chi connectivity index (χ1n) is 7.76. The Morgan fingerprint density at radius 3 is 2.56 bits per heavy atom. The second-order valence-electron chi connectivity index (χ2n) is 5.75. The van der Waals surface area contributed by atoms with E-state index in [1.807, 2.05) is 0 Å². The lowest BCUT2D eigenvalue weighted by molar-refractivity contribution is 0.0341. The Morgan fingerprint density at radius 2 is 1.94 bits per heavy atom. The molecule has 1 rings (SSSR count). The molecule has 1 saturated heterocycles. The fraction of sp³-hybridized carbons (Fsp3) is 1.00. The summed E-state index contributed by atoms with van der Waals surface area (Å²) < 4.78 is 5.70. The molecule has 1 aliphatic rings. The average Bonchev–Trinajstić information content (AvgIpc) is 2.32. The molecular weight excluding hydrogens is 224 g/mol. The van der Waals surface area contributed by atoms with Crippen molar-refractivity contribution in [3.63, 3.8) is 0 Å². The van der Waals surface area contributed by atoms with E-state index in [0.717, 1.165) is 19.7 Å².